The fraction of sp³-hybridized carbons (Fsp3) is 0.333. The fourth-order valence-corrected chi connectivity index (χ4v) is 2.32. The van der Waals surface area contributed by atoms with Crippen LogP contribution in [0.2, 0.25) is 0 Å². The number of carbonyl (C=O) groups is 1. The molecule has 1 aromatic rings. The summed E-state index contributed by atoms with van der Waals surface area (Å²) in [6.07, 6.45) is 2.73. The fourth-order valence-electron chi connectivity index (χ4n) is 2.32. The molecule has 1 aliphatic carbocycles. The van der Waals surface area contributed by atoms with Crippen LogP contribution in [0.3, 0.4) is 0 Å². The van der Waals surface area contributed by atoms with Gasteiger partial charge in [0.2, 0.25) is 5.91 Å². The molecule has 16 heavy (non-hydrogen) atoms. The Kier molecular flexibility index (Phi) is 2.02. The van der Waals surface area contributed by atoms with Crippen LogP contribution in [0.4, 0.5) is 15.8 Å². The second-order valence-corrected chi connectivity index (χ2v) is 4.20. The summed E-state index contributed by atoms with van der Waals surface area (Å²) in [7, 11) is 0. The van der Waals surface area contributed by atoms with Crippen molar-refractivity contribution < 1.29 is 9.18 Å². The van der Waals surface area contributed by atoms with Gasteiger partial charge in [-0.1, -0.05) is 0 Å². The molecule has 0 radical (unpaired) electrons. The van der Waals surface area contributed by atoms with E-state index in [1.165, 1.54) is 12.1 Å². The molecule has 1 fully saturated rings. The summed E-state index contributed by atoms with van der Waals surface area (Å²) < 4.78 is 13.0. The number of hydrogen-bond acceptors (Lipinski definition) is 2. The first kappa shape index (κ1) is 9.51. The normalized spacial score (nSPS) is 22.9. The van der Waals surface area contributed by atoms with Gasteiger partial charge in [-0.05, 0) is 37.5 Å². The van der Waals surface area contributed by atoms with E-state index in [0.29, 0.717) is 11.4 Å². The van der Waals surface area contributed by atoms with E-state index >= 15 is 0 Å². The lowest BCUT2D eigenvalue weighted by Gasteiger charge is -2.07. The zero-order valence-corrected chi connectivity index (χ0v) is 8.66. The molecule has 1 atom stereocenters. The van der Waals surface area contributed by atoms with Crippen LogP contribution in [-0.2, 0) is 4.79 Å². The number of anilines is 1. The van der Waals surface area contributed by atoms with Crippen LogP contribution in [0.25, 0.3) is 0 Å². The van der Waals surface area contributed by atoms with E-state index in [1.807, 2.05) is 0 Å². The highest BCUT2D eigenvalue weighted by Crippen LogP contribution is 2.34. The van der Waals surface area contributed by atoms with Crippen LogP contribution in [-0.4, -0.2) is 11.6 Å². The Morgan fingerprint density at radius 2 is 2.31 bits per heavy atom. The summed E-state index contributed by atoms with van der Waals surface area (Å²) in [5.74, 6) is -0.526. The molecular weight excluding hydrogens is 207 g/mol. The molecule has 2 aliphatic rings. The number of hydrogen-bond donors (Lipinski definition) is 1. The third kappa shape index (κ3) is 1.41. The minimum absolute atomic E-state index is 0.0550. The minimum atomic E-state index is -0.355. The topological polar surface area (TPSA) is 41.5 Å². The van der Waals surface area contributed by atoms with E-state index < -0.39 is 0 Å². The predicted octanol–water partition coefficient (Wildman–Crippen LogP) is 2.65. The standard InChI is InChI=1S/C12H11FN2O/c13-7-4-5-10-11(6-7)15-12(16)8-2-1-3-9(8)14-10/h4-6,8H,1-3H2,(H,15,16). The first-order chi connectivity index (χ1) is 7.74. The predicted molar refractivity (Wildman–Crippen MR) is 59.5 cm³/mol. The van der Waals surface area contributed by atoms with Crippen LogP contribution in [0.1, 0.15) is 19.3 Å². The molecule has 3 nitrogen and oxygen atoms in total. The molecule has 82 valence electrons. The van der Waals surface area contributed by atoms with Crippen LogP contribution < -0.4 is 5.32 Å². The Morgan fingerprint density at radius 3 is 3.19 bits per heavy atom. The monoisotopic (exact) mass is 218 g/mol. The quantitative estimate of drug-likeness (QED) is 0.714. The molecule has 0 saturated heterocycles. The second kappa shape index (κ2) is 3.40. The van der Waals surface area contributed by atoms with Crippen molar-refractivity contribution in [1.82, 2.24) is 0 Å². The summed E-state index contributed by atoms with van der Waals surface area (Å²) in [6, 6.07) is 4.29. The number of rotatable bonds is 0. The lowest BCUT2D eigenvalue weighted by atomic mass is 10.1. The van der Waals surface area contributed by atoms with Crippen molar-refractivity contribution in [3.8, 4) is 0 Å². The van der Waals surface area contributed by atoms with Gasteiger partial charge in [-0.3, -0.25) is 9.79 Å². The maximum absolute atomic E-state index is 13.0. The van der Waals surface area contributed by atoms with E-state index in [-0.39, 0.29) is 17.6 Å². The highest BCUT2D eigenvalue weighted by atomic mass is 19.1. The first-order valence-electron chi connectivity index (χ1n) is 5.42. The molecule has 1 saturated carbocycles. The highest BCUT2D eigenvalue weighted by molar-refractivity contribution is 6.13. The van der Waals surface area contributed by atoms with Gasteiger partial charge in [0.1, 0.15) is 5.82 Å². The van der Waals surface area contributed by atoms with E-state index in [0.717, 1.165) is 25.0 Å². The summed E-state index contributed by atoms with van der Waals surface area (Å²) >= 11 is 0. The number of aliphatic imine (C=N–C) groups is 1. The average molecular weight is 218 g/mol. The molecule has 0 spiro atoms. The van der Waals surface area contributed by atoms with Gasteiger partial charge in [0.25, 0.3) is 0 Å². The molecule has 0 aromatic heterocycles. The molecule has 1 amide bonds. The van der Waals surface area contributed by atoms with Crippen molar-refractivity contribution >= 4 is 23.0 Å². The lowest BCUT2D eigenvalue weighted by molar-refractivity contribution is -0.117. The summed E-state index contributed by atoms with van der Waals surface area (Å²) in [4.78, 5) is 16.3. The van der Waals surface area contributed by atoms with Crippen molar-refractivity contribution in [2.45, 2.75) is 19.3 Å². The number of nitrogens with zero attached hydrogens (tertiary/aromatic N) is 1. The van der Waals surface area contributed by atoms with Crippen molar-refractivity contribution in [2.24, 2.45) is 10.9 Å². The van der Waals surface area contributed by atoms with E-state index in [4.69, 9.17) is 0 Å². The Bertz CT molecular complexity index is 496. The molecule has 4 heteroatoms. The van der Waals surface area contributed by atoms with Gasteiger partial charge in [0.05, 0.1) is 17.3 Å². The van der Waals surface area contributed by atoms with Crippen LogP contribution in [0, 0.1) is 11.7 Å². The third-order valence-corrected chi connectivity index (χ3v) is 3.12. The molecule has 1 N–H and O–H groups in total. The maximum atomic E-state index is 13.0. The van der Waals surface area contributed by atoms with Gasteiger partial charge < -0.3 is 5.32 Å². The first-order valence-corrected chi connectivity index (χ1v) is 5.42. The third-order valence-electron chi connectivity index (χ3n) is 3.12. The molecule has 1 unspecified atom stereocenters. The van der Waals surface area contributed by atoms with E-state index in [1.54, 1.807) is 6.07 Å². The summed E-state index contributed by atoms with van der Waals surface area (Å²) in [6.45, 7) is 0. The smallest absolute Gasteiger partial charge is 0.233 e. The number of carbonyl (C=O) groups excluding carboxylic acids is 1. The van der Waals surface area contributed by atoms with Gasteiger partial charge in [-0.15, -0.1) is 0 Å². The number of amides is 1. The Labute approximate surface area is 92.4 Å². The average Bonchev–Trinajstić information content (AvgIpc) is 2.65. The van der Waals surface area contributed by atoms with E-state index in [9.17, 15) is 9.18 Å². The SMILES string of the molecule is O=C1Nc2cc(F)ccc2N=C2CCCC12. The van der Waals surface area contributed by atoms with Gasteiger partial charge in [-0.25, -0.2) is 4.39 Å². The van der Waals surface area contributed by atoms with Crippen LogP contribution >= 0.6 is 0 Å². The van der Waals surface area contributed by atoms with Gasteiger partial charge >= 0.3 is 0 Å². The maximum Gasteiger partial charge on any atom is 0.233 e. The minimum Gasteiger partial charge on any atom is -0.324 e. The van der Waals surface area contributed by atoms with E-state index in [2.05, 4.69) is 10.3 Å². The zero-order valence-electron chi connectivity index (χ0n) is 8.66. The van der Waals surface area contributed by atoms with Gasteiger partial charge in [0.15, 0.2) is 0 Å². The number of fused-ring (bicyclic) bond motifs is 2. The molecule has 1 heterocycles. The largest absolute Gasteiger partial charge is 0.324 e. The summed E-state index contributed by atoms with van der Waals surface area (Å²) in [5.41, 5.74) is 2.07. The number of halogens is 1. The Morgan fingerprint density at radius 1 is 1.44 bits per heavy atom. The van der Waals surface area contributed by atoms with Crippen molar-refractivity contribution in [1.29, 1.82) is 0 Å². The van der Waals surface area contributed by atoms with Gasteiger partial charge in [-0.2, -0.15) is 0 Å². The van der Waals surface area contributed by atoms with Crippen molar-refractivity contribution in [3.63, 3.8) is 0 Å². The van der Waals surface area contributed by atoms with Crippen LogP contribution in [0.15, 0.2) is 23.2 Å². The molecule has 0 bridgehead atoms. The van der Waals surface area contributed by atoms with Crippen molar-refractivity contribution in [3.05, 3.63) is 24.0 Å². The molecular formula is C12H11FN2O. The Balaban J connectivity index is 2.12. The highest BCUT2D eigenvalue weighted by Gasteiger charge is 2.31. The molecule has 1 aromatic carbocycles. The van der Waals surface area contributed by atoms with Crippen LogP contribution in [0.5, 0.6) is 0 Å². The second-order valence-electron chi connectivity index (χ2n) is 4.20. The van der Waals surface area contributed by atoms with Gasteiger partial charge in [0, 0.05) is 5.71 Å². The molecule has 3 rings (SSSR count). The number of benzene rings is 1. The number of nitrogens with one attached hydrogen (secondary N) is 1. The Hall–Kier alpha value is -1.71. The summed E-state index contributed by atoms with van der Waals surface area (Å²) in [5, 5.41) is 2.74. The van der Waals surface area contributed by atoms with Crippen molar-refractivity contribution in [2.75, 3.05) is 5.32 Å². The zero-order chi connectivity index (χ0) is 11.1. The lowest BCUT2D eigenvalue weighted by Crippen LogP contribution is -2.24. The molecule has 1 aliphatic heterocycles.